The number of ether oxygens (including phenoxy) is 3. The third-order valence-electron chi connectivity index (χ3n) is 4.94. The summed E-state index contributed by atoms with van der Waals surface area (Å²) in [6.45, 7) is 5.57. The Labute approximate surface area is 188 Å². The zero-order valence-corrected chi connectivity index (χ0v) is 19.5. The summed E-state index contributed by atoms with van der Waals surface area (Å²) in [6.07, 6.45) is -0.220. The Morgan fingerprint density at radius 1 is 1.19 bits per heavy atom. The monoisotopic (exact) mass is 460 g/mol. The van der Waals surface area contributed by atoms with Crippen LogP contribution in [-0.4, -0.2) is 38.2 Å². The van der Waals surface area contributed by atoms with Crippen molar-refractivity contribution in [2.75, 3.05) is 26.6 Å². The number of methoxy groups -OCH3 is 3. The van der Waals surface area contributed by atoms with Crippen LogP contribution >= 0.6 is 11.3 Å². The summed E-state index contributed by atoms with van der Waals surface area (Å²) >= 11 is 1.19. The van der Waals surface area contributed by atoms with Crippen LogP contribution in [-0.2, 0) is 16.0 Å². The highest BCUT2D eigenvalue weighted by molar-refractivity contribution is 7.16. The summed E-state index contributed by atoms with van der Waals surface area (Å²) in [4.78, 5) is 42.2. The lowest BCUT2D eigenvalue weighted by Crippen LogP contribution is -2.20. The second kappa shape index (κ2) is 9.39. The number of hydrogen-bond donors (Lipinski definition) is 1. The van der Waals surface area contributed by atoms with Crippen molar-refractivity contribution in [2.45, 2.75) is 33.1 Å². The van der Waals surface area contributed by atoms with Crippen LogP contribution in [0.2, 0.25) is 0 Å². The van der Waals surface area contributed by atoms with Crippen LogP contribution in [0.25, 0.3) is 11.0 Å². The molecule has 1 amide bonds. The van der Waals surface area contributed by atoms with E-state index in [4.69, 9.17) is 18.6 Å². The van der Waals surface area contributed by atoms with E-state index in [1.807, 2.05) is 13.8 Å². The highest BCUT2D eigenvalue weighted by Crippen LogP contribution is 2.36. The fraction of sp³-hybridized carbons (Fsp3) is 0.364. The van der Waals surface area contributed by atoms with E-state index < -0.39 is 17.5 Å². The number of aryl methyl sites for hydroxylation is 1. The molecule has 0 aliphatic rings. The molecular weight excluding hydrogens is 436 g/mol. The zero-order valence-electron chi connectivity index (χ0n) is 18.7. The lowest BCUT2D eigenvalue weighted by Gasteiger charge is -2.12. The standard InChI is InChI=1S/C22H24N2O7S/c1-10(2)19-16(21(27)30-6)24-22(32-19)23-15(25)9-13-11(3)12-7-8-14(28-4)18(29-5)17(12)31-20(13)26/h7-8,10H,9H2,1-6H3,(H,23,24,25). The van der Waals surface area contributed by atoms with Crippen LogP contribution in [0.3, 0.4) is 0 Å². The van der Waals surface area contributed by atoms with Gasteiger partial charge in [-0.15, -0.1) is 11.3 Å². The van der Waals surface area contributed by atoms with Crippen LogP contribution in [0, 0.1) is 6.92 Å². The number of anilines is 1. The SMILES string of the molecule is COC(=O)c1nc(NC(=O)Cc2c(C)c3ccc(OC)c(OC)c3oc2=O)sc1C(C)C. The van der Waals surface area contributed by atoms with Gasteiger partial charge >= 0.3 is 11.6 Å². The maximum Gasteiger partial charge on any atom is 0.357 e. The van der Waals surface area contributed by atoms with Gasteiger partial charge in [0, 0.05) is 10.3 Å². The van der Waals surface area contributed by atoms with Crippen LogP contribution in [0.4, 0.5) is 5.13 Å². The van der Waals surface area contributed by atoms with Gasteiger partial charge in [0.25, 0.3) is 0 Å². The predicted octanol–water partition coefficient (Wildman–Crippen LogP) is 3.67. The first-order chi connectivity index (χ1) is 15.2. The minimum Gasteiger partial charge on any atom is -0.493 e. The molecule has 0 fully saturated rings. The van der Waals surface area contributed by atoms with Gasteiger partial charge in [-0.1, -0.05) is 13.8 Å². The molecule has 0 bridgehead atoms. The van der Waals surface area contributed by atoms with Crippen LogP contribution in [0.5, 0.6) is 11.5 Å². The maximum atomic E-state index is 12.7. The average Bonchev–Trinajstić information content (AvgIpc) is 3.19. The van der Waals surface area contributed by atoms with E-state index in [0.717, 1.165) is 0 Å². The Hall–Kier alpha value is -3.40. The molecule has 3 aromatic rings. The lowest BCUT2D eigenvalue weighted by molar-refractivity contribution is -0.115. The van der Waals surface area contributed by atoms with E-state index in [0.29, 0.717) is 27.3 Å². The minimum atomic E-state index is -0.644. The van der Waals surface area contributed by atoms with Crippen LogP contribution in [0.15, 0.2) is 21.3 Å². The number of nitrogens with one attached hydrogen (secondary N) is 1. The van der Waals surface area contributed by atoms with Crippen molar-refractivity contribution in [3.8, 4) is 11.5 Å². The fourth-order valence-electron chi connectivity index (χ4n) is 3.31. The van der Waals surface area contributed by atoms with Gasteiger partial charge < -0.3 is 23.9 Å². The molecule has 0 spiro atoms. The Morgan fingerprint density at radius 3 is 2.50 bits per heavy atom. The maximum absolute atomic E-state index is 12.7. The van der Waals surface area contributed by atoms with E-state index in [9.17, 15) is 14.4 Å². The second-order valence-electron chi connectivity index (χ2n) is 7.27. The van der Waals surface area contributed by atoms with Crippen LogP contribution < -0.4 is 20.4 Å². The highest BCUT2D eigenvalue weighted by atomic mass is 32.1. The molecule has 1 aromatic carbocycles. The highest BCUT2D eigenvalue weighted by Gasteiger charge is 2.23. The molecule has 3 rings (SSSR count). The molecule has 9 nitrogen and oxygen atoms in total. The number of fused-ring (bicyclic) bond motifs is 1. The van der Waals surface area contributed by atoms with Crippen LogP contribution in [0.1, 0.15) is 46.3 Å². The summed E-state index contributed by atoms with van der Waals surface area (Å²) in [5, 5.41) is 3.56. The molecule has 0 saturated heterocycles. The van der Waals surface area contributed by atoms with Crippen molar-refractivity contribution < 1.29 is 28.2 Å². The molecule has 32 heavy (non-hydrogen) atoms. The van der Waals surface area contributed by atoms with Gasteiger partial charge in [0.15, 0.2) is 22.2 Å². The zero-order chi connectivity index (χ0) is 23.6. The molecule has 2 aromatic heterocycles. The smallest absolute Gasteiger partial charge is 0.357 e. The number of rotatable bonds is 7. The van der Waals surface area contributed by atoms with Gasteiger partial charge in [-0.3, -0.25) is 4.79 Å². The van der Waals surface area contributed by atoms with E-state index in [-0.39, 0.29) is 34.3 Å². The van der Waals surface area contributed by atoms with Gasteiger partial charge in [-0.2, -0.15) is 0 Å². The number of carbonyl (C=O) groups is 2. The predicted molar refractivity (Wildman–Crippen MR) is 120 cm³/mol. The van der Waals surface area contributed by atoms with Gasteiger partial charge in [-0.05, 0) is 30.5 Å². The molecule has 0 unspecified atom stereocenters. The largest absolute Gasteiger partial charge is 0.493 e. The van der Waals surface area contributed by atoms with Gasteiger partial charge in [0.1, 0.15) is 0 Å². The summed E-state index contributed by atoms with van der Waals surface area (Å²) in [5.41, 5.74) is 0.600. The Bertz CT molecular complexity index is 1240. The number of thiazole rings is 1. The normalized spacial score (nSPS) is 11.0. The van der Waals surface area contributed by atoms with Crippen molar-refractivity contribution >= 4 is 39.3 Å². The average molecular weight is 461 g/mol. The van der Waals surface area contributed by atoms with Crippen molar-refractivity contribution in [3.05, 3.63) is 44.3 Å². The number of nitrogens with zero attached hydrogens (tertiary/aromatic N) is 1. The summed E-state index contributed by atoms with van der Waals surface area (Å²) in [6, 6.07) is 3.45. The number of esters is 1. The van der Waals surface area contributed by atoms with Crippen molar-refractivity contribution in [1.29, 1.82) is 0 Å². The molecule has 10 heteroatoms. The molecule has 2 heterocycles. The number of carbonyl (C=O) groups excluding carboxylic acids is 2. The topological polar surface area (TPSA) is 117 Å². The fourth-order valence-corrected chi connectivity index (χ4v) is 4.29. The number of aromatic nitrogens is 1. The number of hydrogen-bond acceptors (Lipinski definition) is 9. The third kappa shape index (κ3) is 4.31. The van der Waals surface area contributed by atoms with E-state index in [1.54, 1.807) is 19.1 Å². The number of amides is 1. The molecule has 170 valence electrons. The Balaban J connectivity index is 1.93. The molecule has 0 saturated carbocycles. The first kappa shape index (κ1) is 23.3. The molecular formula is C22H24N2O7S. The third-order valence-corrected chi connectivity index (χ3v) is 6.21. The van der Waals surface area contributed by atoms with Crippen molar-refractivity contribution in [1.82, 2.24) is 4.98 Å². The summed E-state index contributed by atoms with van der Waals surface area (Å²) in [7, 11) is 4.22. The van der Waals surface area contributed by atoms with E-state index in [2.05, 4.69) is 10.3 Å². The Kier molecular flexibility index (Phi) is 6.83. The van der Waals surface area contributed by atoms with Crippen molar-refractivity contribution in [3.63, 3.8) is 0 Å². The van der Waals surface area contributed by atoms with Gasteiger partial charge in [0.05, 0.1) is 33.3 Å². The summed E-state index contributed by atoms with van der Waals surface area (Å²) in [5.74, 6) is -0.268. The lowest BCUT2D eigenvalue weighted by atomic mass is 10.0. The molecule has 0 aliphatic carbocycles. The van der Waals surface area contributed by atoms with Gasteiger partial charge in [-0.25, -0.2) is 14.6 Å². The van der Waals surface area contributed by atoms with Crippen molar-refractivity contribution in [2.24, 2.45) is 0 Å². The molecule has 0 atom stereocenters. The molecule has 0 radical (unpaired) electrons. The Morgan fingerprint density at radius 2 is 1.91 bits per heavy atom. The van der Waals surface area contributed by atoms with E-state index in [1.165, 1.54) is 32.7 Å². The quantitative estimate of drug-likeness (QED) is 0.419. The molecule has 1 N–H and O–H groups in total. The number of benzene rings is 1. The molecule has 0 aliphatic heterocycles. The summed E-state index contributed by atoms with van der Waals surface area (Å²) < 4.78 is 20.8. The first-order valence-electron chi connectivity index (χ1n) is 9.77. The van der Waals surface area contributed by atoms with E-state index >= 15 is 0 Å². The minimum absolute atomic E-state index is 0.0222. The first-order valence-corrected chi connectivity index (χ1v) is 10.6. The second-order valence-corrected chi connectivity index (χ2v) is 8.30. The van der Waals surface area contributed by atoms with Gasteiger partial charge in [0.2, 0.25) is 11.7 Å².